The van der Waals surface area contributed by atoms with E-state index in [9.17, 15) is 0 Å². The summed E-state index contributed by atoms with van der Waals surface area (Å²) in [5.74, 6) is 3.11. The third-order valence-electron chi connectivity index (χ3n) is 4.74. The van der Waals surface area contributed by atoms with Gasteiger partial charge in [-0.3, -0.25) is 4.90 Å². The quantitative estimate of drug-likeness (QED) is 0.889. The van der Waals surface area contributed by atoms with Gasteiger partial charge >= 0.3 is 0 Å². The van der Waals surface area contributed by atoms with Crippen molar-refractivity contribution in [3.05, 3.63) is 11.9 Å². The van der Waals surface area contributed by atoms with Crippen LogP contribution >= 0.6 is 0 Å². The van der Waals surface area contributed by atoms with Crippen LogP contribution in [0.5, 0.6) is 0 Å². The second kappa shape index (κ2) is 5.42. The maximum atomic E-state index is 5.97. The molecule has 0 radical (unpaired) electrons. The molecule has 6 heteroatoms. The van der Waals surface area contributed by atoms with E-state index in [4.69, 9.17) is 15.5 Å². The van der Waals surface area contributed by atoms with Crippen molar-refractivity contribution < 1.29 is 4.74 Å². The summed E-state index contributed by atoms with van der Waals surface area (Å²) in [6.07, 6.45) is 3.61. The second-order valence-electron chi connectivity index (χ2n) is 6.32. The van der Waals surface area contributed by atoms with E-state index in [2.05, 4.69) is 14.8 Å². The van der Waals surface area contributed by atoms with Gasteiger partial charge in [-0.1, -0.05) is 0 Å². The van der Waals surface area contributed by atoms with Gasteiger partial charge in [0, 0.05) is 44.2 Å². The van der Waals surface area contributed by atoms with Crippen LogP contribution in [0.25, 0.3) is 0 Å². The lowest BCUT2D eigenvalue weighted by Crippen LogP contribution is -2.44. The van der Waals surface area contributed by atoms with Gasteiger partial charge in [-0.05, 0) is 19.3 Å². The fraction of sp³-hybridized carbons (Fsp3) is 0.733. The average Bonchev–Trinajstić information content (AvgIpc) is 3.24. The van der Waals surface area contributed by atoms with Crippen LogP contribution in [0.3, 0.4) is 0 Å². The molecule has 3 fully saturated rings. The first kappa shape index (κ1) is 13.3. The SMILES string of the molecule is Nc1cc(N2CCC(N3CCOCC3)C2)nc(C2CC2)n1. The minimum atomic E-state index is 0.546. The van der Waals surface area contributed by atoms with E-state index >= 15 is 0 Å². The number of morpholine rings is 1. The molecule has 6 nitrogen and oxygen atoms in total. The zero-order valence-corrected chi connectivity index (χ0v) is 12.4. The third kappa shape index (κ3) is 2.82. The van der Waals surface area contributed by atoms with Crippen molar-refractivity contribution in [1.82, 2.24) is 14.9 Å². The smallest absolute Gasteiger partial charge is 0.136 e. The van der Waals surface area contributed by atoms with Crippen molar-refractivity contribution in [1.29, 1.82) is 0 Å². The highest BCUT2D eigenvalue weighted by molar-refractivity contribution is 5.48. The summed E-state index contributed by atoms with van der Waals surface area (Å²) in [5, 5.41) is 0. The van der Waals surface area contributed by atoms with Crippen molar-refractivity contribution in [2.45, 2.75) is 31.2 Å². The Morgan fingerprint density at radius 1 is 1.10 bits per heavy atom. The third-order valence-corrected chi connectivity index (χ3v) is 4.74. The summed E-state index contributed by atoms with van der Waals surface area (Å²) in [5.41, 5.74) is 5.97. The maximum absolute atomic E-state index is 5.97. The Kier molecular flexibility index (Phi) is 3.43. The molecule has 0 bridgehead atoms. The minimum absolute atomic E-state index is 0.546. The molecule has 1 unspecified atom stereocenters. The molecule has 114 valence electrons. The van der Waals surface area contributed by atoms with E-state index in [1.54, 1.807) is 0 Å². The fourth-order valence-corrected chi connectivity index (χ4v) is 3.35. The van der Waals surface area contributed by atoms with Crippen LogP contribution in [-0.4, -0.2) is 60.3 Å². The molecule has 1 atom stereocenters. The van der Waals surface area contributed by atoms with Crippen molar-refractivity contribution in [2.75, 3.05) is 50.0 Å². The summed E-state index contributed by atoms with van der Waals surface area (Å²) in [7, 11) is 0. The van der Waals surface area contributed by atoms with Crippen molar-refractivity contribution in [3.8, 4) is 0 Å². The number of rotatable bonds is 3. The van der Waals surface area contributed by atoms with Crippen molar-refractivity contribution >= 4 is 11.6 Å². The molecule has 2 saturated heterocycles. The fourth-order valence-electron chi connectivity index (χ4n) is 3.35. The number of nitrogens with two attached hydrogens (primary N) is 1. The van der Waals surface area contributed by atoms with E-state index < -0.39 is 0 Å². The van der Waals surface area contributed by atoms with Gasteiger partial charge in [-0.2, -0.15) is 0 Å². The number of aromatic nitrogens is 2. The van der Waals surface area contributed by atoms with Crippen LogP contribution < -0.4 is 10.6 Å². The normalized spacial score (nSPS) is 27.2. The Bertz CT molecular complexity index is 513. The Labute approximate surface area is 125 Å². The number of ether oxygens (including phenoxy) is 1. The molecule has 1 saturated carbocycles. The molecule has 2 N–H and O–H groups in total. The first-order chi connectivity index (χ1) is 10.3. The lowest BCUT2D eigenvalue weighted by Gasteiger charge is -2.32. The van der Waals surface area contributed by atoms with Gasteiger partial charge in [0.15, 0.2) is 0 Å². The minimum Gasteiger partial charge on any atom is -0.384 e. The molecule has 0 spiro atoms. The van der Waals surface area contributed by atoms with E-state index in [1.807, 2.05) is 6.07 Å². The van der Waals surface area contributed by atoms with E-state index in [0.717, 1.165) is 51.0 Å². The van der Waals surface area contributed by atoms with Crippen molar-refractivity contribution in [3.63, 3.8) is 0 Å². The number of nitrogen functional groups attached to an aromatic ring is 1. The summed E-state index contributed by atoms with van der Waals surface area (Å²) >= 11 is 0. The molecule has 3 heterocycles. The van der Waals surface area contributed by atoms with Gasteiger partial charge in [-0.15, -0.1) is 0 Å². The molecule has 21 heavy (non-hydrogen) atoms. The predicted molar refractivity (Wildman–Crippen MR) is 81.4 cm³/mol. The van der Waals surface area contributed by atoms with Gasteiger partial charge < -0.3 is 15.4 Å². The molecule has 4 rings (SSSR count). The number of nitrogens with zero attached hydrogens (tertiary/aromatic N) is 4. The Morgan fingerprint density at radius 2 is 1.90 bits per heavy atom. The average molecular weight is 289 g/mol. The van der Waals surface area contributed by atoms with Crippen molar-refractivity contribution in [2.24, 2.45) is 0 Å². The Hall–Kier alpha value is -1.40. The highest BCUT2D eigenvalue weighted by Gasteiger charge is 2.31. The highest BCUT2D eigenvalue weighted by Crippen LogP contribution is 2.39. The summed E-state index contributed by atoms with van der Waals surface area (Å²) < 4.78 is 5.44. The lowest BCUT2D eigenvalue weighted by molar-refractivity contribution is 0.0209. The number of hydrogen-bond acceptors (Lipinski definition) is 6. The number of anilines is 2. The zero-order valence-electron chi connectivity index (χ0n) is 12.4. The first-order valence-corrected chi connectivity index (χ1v) is 8.01. The number of hydrogen-bond donors (Lipinski definition) is 1. The molecule has 3 aliphatic rings. The van der Waals surface area contributed by atoms with Gasteiger partial charge in [-0.25, -0.2) is 9.97 Å². The highest BCUT2D eigenvalue weighted by atomic mass is 16.5. The first-order valence-electron chi connectivity index (χ1n) is 8.01. The van der Waals surface area contributed by atoms with Gasteiger partial charge in [0.1, 0.15) is 17.5 Å². The van der Waals surface area contributed by atoms with Crippen LogP contribution in [0.15, 0.2) is 6.07 Å². The van der Waals surface area contributed by atoms with Gasteiger partial charge in [0.2, 0.25) is 0 Å². The largest absolute Gasteiger partial charge is 0.384 e. The van der Waals surface area contributed by atoms with E-state index in [-0.39, 0.29) is 0 Å². The summed E-state index contributed by atoms with van der Waals surface area (Å²) in [6, 6.07) is 2.54. The molecular weight excluding hydrogens is 266 g/mol. The Morgan fingerprint density at radius 3 is 2.67 bits per heavy atom. The van der Waals surface area contributed by atoms with Crippen LogP contribution in [0, 0.1) is 0 Å². The van der Waals surface area contributed by atoms with Crippen LogP contribution in [0.1, 0.15) is 31.0 Å². The van der Waals surface area contributed by atoms with Gasteiger partial charge in [0.25, 0.3) is 0 Å². The molecule has 1 aliphatic carbocycles. The second-order valence-corrected chi connectivity index (χ2v) is 6.32. The van der Waals surface area contributed by atoms with Crippen LogP contribution in [0.2, 0.25) is 0 Å². The standard InChI is InChI=1S/C15H23N5O/c16-13-9-14(18-15(17-13)11-1-2-11)20-4-3-12(10-20)19-5-7-21-8-6-19/h9,11-12H,1-8,10H2,(H2,16,17,18). The molecule has 0 aromatic carbocycles. The van der Waals surface area contributed by atoms with Crippen LogP contribution in [0.4, 0.5) is 11.6 Å². The van der Waals surface area contributed by atoms with Gasteiger partial charge in [0.05, 0.1) is 13.2 Å². The topological polar surface area (TPSA) is 67.5 Å². The van der Waals surface area contributed by atoms with Crippen LogP contribution in [-0.2, 0) is 4.74 Å². The lowest BCUT2D eigenvalue weighted by atomic mass is 10.2. The van der Waals surface area contributed by atoms with E-state index in [1.165, 1.54) is 19.3 Å². The predicted octanol–water partition coefficient (Wildman–Crippen LogP) is 0.847. The zero-order chi connectivity index (χ0) is 14.2. The van der Waals surface area contributed by atoms with E-state index in [0.29, 0.717) is 17.8 Å². The molecule has 1 aromatic heterocycles. The summed E-state index contributed by atoms with van der Waals surface area (Å²) in [6.45, 7) is 5.93. The Balaban J connectivity index is 1.47. The maximum Gasteiger partial charge on any atom is 0.136 e. The molecular formula is C15H23N5O. The molecule has 0 amide bonds. The molecule has 1 aromatic rings. The monoisotopic (exact) mass is 289 g/mol. The molecule has 2 aliphatic heterocycles. The summed E-state index contributed by atoms with van der Waals surface area (Å²) in [4.78, 5) is 14.1.